The number of anilines is 1. The number of rotatable bonds is 6. The molecule has 0 bridgehead atoms. The van der Waals surface area contributed by atoms with Gasteiger partial charge in [-0.3, -0.25) is 4.72 Å². The highest BCUT2D eigenvalue weighted by Crippen LogP contribution is 2.25. The van der Waals surface area contributed by atoms with Crippen LogP contribution in [0.1, 0.15) is 6.92 Å². The van der Waals surface area contributed by atoms with Crippen LogP contribution in [0.4, 0.5) is 10.1 Å². The van der Waals surface area contributed by atoms with Crippen LogP contribution >= 0.6 is 0 Å². The van der Waals surface area contributed by atoms with Crippen molar-refractivity contribution in [1.82, 2.24) is 9.38 Å². The van der Waals surface area contributed by atoms with Crippen molar-refractivity contribution < 1.29 is 17.5 Å². The first-order valence-corrected chi connectivity index (χ1v) is 10.4. The van der Waals surface area contributed by atoms with Gasteiger partial charge in [0.15, 0.2) is 11.6 Å². The van der Waals surface area contributed by atoms with E-state index in [4.69, 9.17) is 4.74 Å². The Bertz CT molecular complexity index is 1240. The molecule has 0 radical (unpaired) electrons. The number of hydrogen-bond acceptors (Lipinski definition) is 4. The summed E-state index contributed by atoms with van der Waals surface area (Å²) in [4.78, 5) is 4.36. The first-order valence-electron chi connectivity index (χ1n) is 8.95. The Kier molecular flexibility index (Phi) is 4.94. The minimum Gasteiger partial charge on any atom is -0.491 e. The van der Waals surface area contributed by atoms with Crippen LogP contribution in [0.25, 0.3) is 16.9 Å². The fraction of sp³-hybridized carbons (Fsp3) is 0.0952. The summed E-state index contributed by atoms with van der Waals surface area (Å²) in [5.74, 6) is -0.708. The molecular weight excluding hydrogens is 393 g/mol. The quantitative estimate of drug-likeness (QED) is 0.512. The van der Waals surface area contributed by atoms with E-state index in [2.05, 4.69) is 9.71 Å². The second-order valence-corrected chi connectivity index (χ2v) is 7.98. The van der Waals surface area contributed by atoms with Gasteiger partial charge in [-0.2, -0.15) is 0 Å². The van der Waals surface area contributed by atoms with Crippen LogP contribution in [0.5, 0.6) is 5.75 Å². The summed E-state index contributed by atoms with van der Waals surface area (Å²) in [5, 5.41) is 0. The number of nitrogens with zero attached hydrogens (tertiary/aromatic N) is 2. The van der Waals surface area contributed by atoms with E-state index < -0.39 is 15.8 Å². The first-order chi connectivity index (χ1) is 14.0. The Morgan fingerprint density at radius 1 is 1.10 bits per heavy atom. The molecule has 2 aromatic heterocycles. The average Bonchev–Trinajstić information content (AvgIpc) is 3.14. The zero-order chi connectivity index (χ0) is 20.4. The zero-order valence-electron chi connectivity index (χ0n) is 15.5. The van der Waals surface area contributed by atoms with Crippen molar-refractivity contribution in [1.29, 1.82) is 0 Å². The number of aromatic nitrogens is 2. The third-order valence-electron chi connectivity index (χ3n) is 4.31. The maximum absolute atomic E-state index is 14.0. The lowest BCUT2D eigenvalue weighted by Crippen LogP contribution is -2.13. The molecule has 0 amide bonds. The van der Waals surface area contributed by atoms with Gasteiger partial charge in [-0.1, -0.05) is 18.2 Å². The van der Waals surface area contributed by atoms with Gasteiger partial charge in [0.2, 0.25) is 0 Å². The lowest BCUT2D eigenvalue weighted by molar-refractivity contribution is 0.321. The van der Waals surface area contributed by atoms with Gasteiger partial charge in [-0.15, -0.1) is 0 Å². The standard InChI is InChI=1S/C21H18FN3O3S/c1-2-28-20-11-10-17(13-18(20)22)29(26,27)24-16-8-6-15(7-9-16)19-14-25-12-4-3-5-21(25)23-19/h3-14,24H,2H2,1H3. The molecule has 0 saturated heterocycles. The van der Waals surface area contributed by atoms with E-state index in [0.29, 0.717) is 12.3 Å². The molecule has 148 valence electrons. The van der Waals surface area contributed by atoms with Gasteiger partial charge in [0.25, 0.3) is 10.0 Å². The maximum atomic E-state index is 14.0. The summed E-state index contributed by atoms with van der Waals surface area (Å²) in [6.45, 7) is 2.02. The van der Waals surface area contributed by atoms with Gasteiger partial charge in [0.1, 0.15) is 5.65 Å². The molecule has 6 nitrogen and oxygen atoms in total. The van der Waals surface area contributed by atoms with Crippen LogP contribution in [0.3, 0.4) is 0 Å². The molecule has 0 aliphatic heterocycles. The normalized spacial score (nSPS) is 11.5. The van der Waals surface area contributed by atoms with E-state index in [1.54, 1.807) is 31.2 Å². The number of pyridine rings is 1. The number of hydrogen-bond donors (Lipinski definition) is 1. The van der Waals surface area contributed by atoms with Gasteiger partial charge in [0, 0.05) is 23.6 Å². The fourth-order valence-electron chi connectivity index (χ4n) is 2.92. The third-order valence-corrected chi connectivity index (χ3v) is 5.69. The molecular formula is C21H18FN3O3S. The van der Waals surface area contributed by atoms with Crippen LogP contribution in [0, 0.1) is 5.82 Å². The molecule has 0 aliphatic carbocycles. The molecule has 0 fully saturated rings. The Labute approximate surface area is 167 Å². The van der Waals surface area contributed by atoms with Gasteiger partial charge < -0.3 is 9.14 Å². The predicted molar refractivity (Wildman–Crippen MR) is 109 cm³/mol. The molecule has 0 atom stereocenters. The van der Waals surface area contributed by atoms with Gasteiger partial charge in [0.05, 0.1) is 17.2 Å². The van der Waals surface area contributed by atoms with Crippen molar-refractivity contribution in [3.05, 3.63) is 78.9 Å². The van der Waals surface area contributed by atoms with E-state index >= 15 is 0 Å². The lowest BCUT2D eigenvalue weighted by atomic mass is 10.1. The minimum absolute atomic E-state index is 0.0169. The molecule has 0 unspecified atom stereocenters. The highest BCUT2D eigenvalue weighted by atomic mass is 32.2. The molecule has 4 aromatic rings. The van der Waals surface area contributed by atoms with E-state index in [9.17, 15) is 12.8 Å². The molecule has 0 aliphatic rings. The van der Waals surface area contributed by atoms with Crippen LogP contribution in [0.15, 0.2) is 78.0 Å². The number of imidazole rings is 1. The summed E-state index contributed by atoms with van der Waals surface area (Å²) in [6.07, 6.45) is 3.81. The van der Waals surface area contributed by atoms with Crippen molar-refractivity contribution in [2.24, 2.45) is 0 Å². The van der Waals surface area contributed by atoms with Gasteiger partial charge >= 0.3 is 0 Å². The van der Waals surface area contributed by atoms with Crippen molar-refractivity contribution in [2.75, 3.05) is 11.3 Å². The number of fused-ring (bicyclic) bond motifs is 1. The molecule has 1 N–H and O–H groups in total. The molecule has 8 heteroatoms. The second kappa shape index (κ2) is 7.56. The number of halogens is 1. The van der Waals surface area contributed by atoms with E-state index in [-0.39, 0.29) is 10.6 Å². The largest absolute Gasteiger partial charge is 0.491 e. The van der Waals surface area contributed by atoms with Crippen molar-refractivity contribution in [2.45, 2.75) is 11.8 Å². The van der Waals surface area contributed by atoms with E-state index in [1.807, 2.05) is 35.0 Å². The van der Waals surface area contributed by atoms with Crippen molar-refractivity contribution in [3.8, 4) is 17.0 Å². The topological polar surface area (TPSA) is 72.7 Å². The average molecular weight is 411 g/mol. The monoisotopic (exact) mass is 411 g/mol. The molecule has 2 heterocycles. The molecule has 29 heavy (non-hydrogen) atoms. The van der Waals surface area contributed by atoms with E-state index in [1.165, 1.54) is 12.1 Å². The van der Waals surface area contributed by atoms with Crippen LogP contribution in [-0.2, 0) is 10.0 Å². The van der Waals surface area contributed by atoms with Crippen LogP contribution in [0.2, 0.25) is 0 Å². The van der Waals surface area contributed by atoms with Crippen molar-refractivity contribution >= 4 is 21.4 Å². The second-order valence-electron chi connectivity index (χ2n) is 6.30. The summed E-state index contributed by atoms with van der Waals surface area (Å²) < 4.78 is 48.6. The summed E-state index contributed by atoms with van der Waals surface area (Å²) in [5.41, 5.74) is 2.82. The van der Waals surface area contributed by atoms with Gasteiger partial charge in [-0.25, -0.2) is 17.8 Å². The summed E-state index contributed by atoms with van der Waals surface area (Å²) >= 11 is 0. The van der Waals surface area contributed by atoms with Crippen LogP contribution in [-0.4, -0.2) is 24.4 Å². The fourth-order valence-corrected chi connectivity index (χ4v) is 3.99. The highest BCUT2D eigenvalue weighted by molar-refractivity contribution is 7.92. The Balaban J connectivity index is 1.55. The smallest absolute Gasteiger partial charge is 0.262 e. The zero-order valence-corrected chi connectivity index (χ0v) is 16.4. The lowest BCUT2D eigenvalue weighted by Gasteiger charge is -2.10. The Morgan fingerprint density at radius 3 is 2.59 bits per heavy atom. The van der Waals surface area contributed by atoms with E-state index in [0.717, 1.165) is 23.0 Å². The predicted octanol–water partition coefficient (Wildman–Crippen LogP) is 4.34. The molecule has 4 rings (SSSR count). The number of nitrogens with one attached hydrogen (secondary N) is 1. The summed E-state index contributed by atoms with van der Waals surface area (Å²) in [6, 6.07) is 16.1. The van der Waals surface area contributed by atoms with Crippen LogP contribution < -0.4 is 9.46 Å². The Morgan fingerprint density at radius 2 is 1.90 bits per heavy atom. The SMILES string of the molecule is CCOc1ccc(S(=O)(=O)Nc2ccc(-c3cn4ccccc4n3)cc2)cc1F. The number of benzene rings is 2. The maximum Gasteiger partial charge on any atom is 0.262 e. The molecule has 2 aromatic carbocycles. The van der Waals surface area contributed by atoms with Gasteiger partial charge in [-0.05, 0) is 49.4 Å². The first kappa shape index (κ1) is 18.9. The Hall–Kier alpha value is -3.39. The third kappa shape index (κ3) is 3.93. The minimum atomic E-state index is -3.93. The number of sulfonamides is 1. The number of ether oxygens (including phenoxy) is 1. The molecule has 0 saturated carbocycles. The molecule has 0 spiro atoms. The highest BCUT2D eigenvalue weighted by Gasteiger charge is 2.17. The van der Waals surface area contributed by atoms with Crippen molar-refractivity contribution in [3.63, 3.8) is 0 Å². The summed E-state index contributed by atoms with van der Waals surface area (Å²) in [7, 11) is -3.93.